The van der Waals surface area contributed by atoms with Gasteiger partial charge in [0, 0.05) is 18.6 Å². The lowest BCUT2D eigenvalue weighted by Crippen LogP contribution is -2.36. The number of benzene rings is 1. The number of hydrogen-bond acceptors (Lipinski definition) is 4. The Balaban J connectivity index is 3.29. The second-order valence-corrected chi connectivity index (χ2v) is 5.78. The fourth-order valence-electron chi connectivity index (χ4n) is 1.04. The Hall–Kier alpha value is -0.700. The topological polar surface area (TPSA) is 75.4 Å². The van der Waals surface area contributed by atoms with E-state index in [1.165, 1.54) is 19.1 Å². The van der Waals surface area contributed by atoms with Crippen LogP contribution in [0.25, 0.3) is 0 Å². The van der Waals surface area contributed by atoms with E-state index in [0.717, 1.165) is 12.1 Å². The summed E-state index contributed by atoms with van der Waals surface area (Å²) in [6.07, 6.45) is 0. The minimum absolute atomic E-state index is 0.111. The molecule has 0 radical (unpaired) electrons. The van der Waals surface area contributed by atoms with Gasteiger partial charge in [0.15, 0.2) is 0 Å². The lowest BCUT2D eigenvalue weighted by Gasteiger charge is -2.14. The molecule has 8 heteroatoms. The summed E-state index contributed by atoms with van der Waals surface area (Å²) in [5, 5.41) is 1.27. The number of nitrogens with zero attached hydrogens (tertiary/aromatic N) is 1. The van der Waals surface area contributed by atoms with Crippen LogP contribution in [0.15, 0.2) is 21.5 Å². The van der Waals surface area contributed by atoms with Gasteiger partial charge in [-0.2, -0.15) is 0 Å². The number of nitrogens with two attached hydrogens (primary N) is 1. The van der Waals surface area contributed by atoms with Crippen molar-refractivity contribution in [2.24, 2.45) is 0 Å². The molecule has 1 aromatic carbocycles. The maximum Gasteiger partial charge on any atom is 0.254 e. The smallest absolute Gasteiger partial charge is 0.254 e. The molecule has 0 aromatic heterocycles. The molecule has 0 amide bonds. The van der Waals surface area contributed by atoms with Gasteiger partial charge in [-0.25, -0.2) is 17.8 Å². The van der Waals surface area contributed by atoms with Crippen LogP contribution in [0.1, 0.15) is 0 Å². The second kappa shape index (κ2) is 4.66. The Labute approximate surface area is 102 Å². The Bertz CT molecular complexity index is 504. The second-order valence-electron chi connectivity index (χ2n) is 3.29. The van der Waals surface area contributed by atoms with Crippen LogP contribution in [0.5, 0.6) is 0 Å². The fourth-order valence-corrected chi connectivity index (χ4v) is 3.17. The van der Waals surface area contributed by atoms with Crippen LogP contribution in [0.2, 0.25) is 0 Å². The normalized spacial score (nSPS) is 12.1. The average molecular weight is 312 g/mol. The lowest BCUT2D eigenvalue weighted by atomic mass is 10.3. The predicted octanol–water partition coefficient (Wildman–Crippen LogP) is 0.925. The fraction of sp³-hybridized carbons (Fsp3) is 0.250. The molecule has 0 saturated heterocycles. The summed E-state index contributed by atoms with van der Waals surface area (Å²) in [6, 6.07) is 2.07. The Morgan fingerprint density at radius 1 is 1.44 bits per heavy atom. The predicted molar refractivity (Wildman–Crippen MR) is 62.5 cm³/mol. The molecular weight excluding hydrogens is 301 g/mol. The monoisotopic (exact) mass is 311 g/mol. The molecule has 0 saturated carbocycles. The van der Waals surface area contributed by atoms with Gasteiger partial charge in [0.25, 0.3) is 10.0 Å². The van der Waals surface area contributed by atoms with E-state index in [4.69, 9.17) is 5.73 Å². The van der Waals surface area contributed by atoms with Gasteiger partial charge in [-0.3, -0.25) is 0 Å². The first-order valence-corrected chi connectivity index (χ1v) is 6.46. The Morgan fingerprint density at radius 3 is 2.50 bits per heavy atom. The summed E-state index contributed by atoms with van der Waals surface area (Å²) in [7, 11) is -0.695. The molecule has 0 aliphatic carbocycles. The summed E-state index contributed by atoms with van der Waals surface area (Å²) in [6.45, 7) is 0. The van der Waals surface area contributed by atoms with Crippen LogP contribution in [0.4, 0.5) is 10.1 Å². The van der Waals surface area contributed by atoms with Crippen LogP contribution in [0, 0.1) is 5.82 Å². The molecule has 0 spiro atoms. The van der Waals surface area contributed by atoms with Crippen LogP contribution < -0.4 is 10.6 Å². The molecular formula is C8H11BrFN3O2S. The van der Waals surface area contributed by atoms with Gasteiger partial charge >= 0.3 is 0 Å². The number of anilines is 1. The minimum atomic E-state index is -3.75. The van der Waals surface area contributed by atoms with E-state index >= 15 is 0 Å². The Kier molecular flexibility index (Phi) is 3.89. The zero-order valence-electron chi connectivity index (χ0n) is 8.66. The molecule has 0 unspecified atom stereocenters. The SMILES string of the molecule is CN(C)NS(=O)(=O)c1cc(N)c(F)cc1Br. The van der Waals surface area contributed by atoms with Gasteiger partial charge in [-0.15, -0.1) is 4.83 Å². The standard InChI is InChI=1S/C8H11BrFN3O2S/c1-13(2)12-16(14,15)8-4-7(11)6(10)3-5(8)9/h3-4,12H,11H2,1-2H3. The van der Waals surface area contributed by atoms with Crippen LogP contribution in [-0.4, -0.2) is 27.5 Å². The quantitative estimate of drug-likeness (QED) is 0.643. The van der Waals surface area contributed by atoms with Crippen molar-refractivity contribution in [1.29, 1.82) is 0 Å². The summed E-state index contributed by atoms with van der Waals surface area (Å²) in [4.78, 5) is 2.11. The first kappa shape index (κ1) is 13.4. The summed E-state index contributed by atoms with van der Waals surface area (Å²) in [5.74, 6) is -0.671. The minimum Gasteiger partial charge on any atom is -0.396 e. The molecule has 0 aliphatic rings. The van der Waals surface area contributed by atoms with Gasteiger partial charge in [0.05, 0.1) is 10.6 Å². The maximum absolute atomic E-state index is 13.0. The molecule has 3 N–H and O–H groups in total. The lowest BCUT2D eigenvalue weighted by molar-refractivity contribution is 0.364. The van der Waals surface area contributed by atoms with E-state index in [-0.39, 0.29) is 15.1 Å². The van der Waals surface area contributed by atoms with E-state index in [0.29, 0.717) is 0 Å². The third kappa shape index (κ3) is 2.91. The molecule has 1 rings (SSSR count). The number of hydrazine groups is 1. The third-order valence-corrected chi connectivity index (χ3v) is 4.08. The number of nitrogen functional groups attached to an aromatic ring is 1. The van der Waals surface area contributed by atoms with Crippen LogP contribution in [-0.2, 0) is 10.0 Å². The van der Waals surface area contributed by atoms with E-state index in [2.05, 4.69) is 20.8 Å². The summed E-state index contributed by atoms with van der Waals surface area (Å²) >= 11 is 2.97. The van der Waals surface area contributed by atoms with Gasteiger partial charge < -0.3 is 5.73 Å². The first-order valence-electron chi connectivity index (χ1n) is 4.18. The van der Waals surface area contributed by atoms with Crippen molar-refractivity contribution in [3.05, 3.63) is 22.4 Å². The zero-order valence-corrected chi connectivity index (χ0v) is 11.1. The van der Waals surface area contributed by atoms with Gasteiger partial charge in [-0.05, 0) is 28.1 Å². The number of rotatable bonds is 3. The van der Waals surface area contributed by atoms with Crippen molar-refractivity contribution in [2.75, 3.05) is 19.8 Å². The molecule has 0 fully saturated rings. The number of sulfonamides is 1. The van der Waals surface area contributed by atoms with Crippen molar-refractivity contribution < 1.29 is 12.8 Å². The van der Waals surface area contributed by atoms with Crippen molar-refractivity contribution >= 4 is 31.6 Å². The molecule has 0 bridgehead atoms. The molecule has 90 valence electrons. The van der Waals surface area contributed by atoms with Gasteiger partial charge in [-0.1, -0.05) is 0 Å². The van der Waals surface area contributed by atoms with Crippen molar-refractivity contribution in [1.82, 2.24) is 9.84 Å². The van der Waals surface area contributed by atoms with Gasteiger partial charge in [0.1, 0.15) is 5.82 Å². The highest BCUT2D eigenvalue weighted by Gasteiger charge is 2.20. The van der Waals surface area contributed by atoms with E-state index < -0.39 is 15.8 Å². The third-order valence-electron chi connectivity index (χ3n) is 1.64. The number of nitrogens with one attached hydrogen (secondary N) is 1. The molecule has 0 atom stereocenters. The highest BCUT2D eigenvalue weighted by molar-refractivity contribution is 9.10. The molecule has 0 aliphatic heterocycles. The number of hydrogen-bond donors (Lipinski definition) is 2. The summed E-state index contributed by atoms with van der Waals surface area (Å²) in [5.41, 5.74) is 5.10. The van der Waals surface area contributed by atoms with Crippen LogP contribution in [0.3, 0.4) is 0 Å². The molecule has 0 heterocycles. The van der Waals surface area contributed by atoms with Crippen molar-refractivity contribution in [3.8, 4) is 0 Å². The highest BCUT2D eigenvalue weighted by Crippen LogP contribution is 2.26. The highest BCUT2D eigenvalue weighted by atomic mass is 79.9. The van der Waals surface area contributed by atoms with E-state index in [1.54, 1.807) is 0 Å². The van der Waals surface area contributed by atoms with E-state index in [9.17, 15) is 12.8 Å². The molecule has 1 aromatic rings. The number of halogens is 2. The molecule has 5 nitrogen and oxygen atoms in total. The first-order chi connectivity index (χ1) is 7.24. The summed E-state index contributed by atoms with van der Waals surface area (Å²) < 4.78 is 36.7. The van der Waals surface area contributed by atoms with Gasteiger partial charge in [0.2, 0.25) is 0 Å². The zero-order chi connectivity index (χ0) is 12.5. The van der Waals surface area contributed by atoms with E-state index in [1.807, 2.05) is 0 Å². The van der Waals surface area contributed by atoms with Crippen molar-refractivity contribution in [3.63, 3.8) is 0 Å². The molecule has 16 heavy (non-hydrogen) atoms. The van der Waals surface area contributed by atoms with Crippen molar-refractivity contribution in [2.45, 2.75) is 4.90 Å². The average Bonchev–Trinajstić information content (AvgIpc) is 2.08. The largest absolute Gasteiger partial charge is 0.396 e. The van der Waals surface area contributed by atoms with Crippen LogP contribution >= 0.6 is 15.9 Å². The maximum atomic E-state index is 13.0. The Morgan fingerprint density at radius 2 is 2.00 bits per heavy atom.